The third kappa shape index (κ3) is 7.57. The molecule has 4 aliphatic rings. The summed E-state index contributed by atoms with van der Waals surface area (Å²) < 4.78 is 80.0. The molecule has 0 amide bonds. The molecule has 0 aromatic carbocycles. The van der Waals surface area contributed by atoms with E-state index in [1.165, 1.54) is 32.0 Å². The van der Waals surface area contributed by atoms with E-state index in [1.54, 1.807) is 10.6 Å². The summed E-state index contributed by atoms with van der Waals surface area (Å²) in [5.74, 6) is -1.61. The Bertz CT molecular complexity index is 1610. The van der Waals surface area contributed by atoms with Gasteiger partial charge in [0.2, 0.25) is 16.0 Å². The van der Waals surface area contributed by atoms with Crippen LogP contribution in [-0.4, -0.2) is 60.9 Å². The van der Waals surface area contributed by atoms with Crippen molar-refractivity contribution in [2.75, 3.05) is 18.8 Å². The van der Waals surface area contributed by atoms with Gasteiger partial charge in [-0.15, -0.1) is 0 Å². The first-order chi connectivity index (χ1) is 20.3. The summed E-state index contributed by atoms with van der Waals surface area (Å²) in [4.78, 5) is 25.6. The van der Waals surface area contributed by atoms with E-state index in [-0.39, 0.29) is 29.4 Å². The molecule has 0 unspecified atom stereocenters. The SMILES string of the molecule is CC(C)n1c2c(cc(=C3C=CC(NS(=O)(=O)CCC(F)(F)F)=C(F)C3)c1=O)CN=C(NC1CCC(N3CCCC3)CC1)N=2. The van der Waals surface area contributed by atoms with Crippen molar-refractivity contribution in [3.63, 3.8) is 0 Å². The van der Waals surface area contributed by atoms with E-state index in [0.29, 0.717) is 28.6 Å². The van der Waals surface area contributed by atoms with Gasteiger partial charge in [0.1, 0.15) is 11.3 Å². The van der Waals surface area contributed by atoms with Crippen LogP contribution in [0.25, 0.3) is 5.57 Å². The summed E-state index contributed by atoms with van der Waals surface area (Å²) in [5.41, 5.74) is 0.710. The fourth-order valence-corrected chi connectivity index (χ4v) is 7.34. The first-order valence-electron chi connectivity index (χ1n) is 14.8. The maximum atomic E-state index is 15.0. The number of allylic oxidation sites excluding steroid dienone is 3. The van der Waals surface area contributed by atoms with E-state index >= 15 is 4.39 Å². The lowest BCUT2D eigenvalue weighted by Crippen LogP contribution is -2.49. The topological polar surface area (TPSA) is 108 Å². The van der Waals surface area contributed by atoms with Crippen LogP contribution in [0.15, 0.2) is 44.5 Å². The quantitative estimate of drug-likeness (QED) is 0.453. The van der Waals surface area contributed by atoms with Crippen LogP contribution in [0.2, 0.25) is 0 Å². The van der Waals surface area contributed by atoms with E-state index in [9.17, 15) is 26.4 Å². The number of hydrogen-bond donors (Lipinski definition) is 2. The number of fused-ring (bicyclic) bond motifs is 1. The molecule has 0 radical (unpaired) electrons. The standard InChI is InChI=1S/C29H38F4N6O3S/c1-18(2)39-26-20(17-34-28(36-26)35-21-6-8-22(9-7-21)38-12-3-4-13-38)15-23(27(39)40)19-5-10-25(24(30)16-19)37-43(41,42)14-11-29(31,32)33/h5,10,15,18,21-22,37H,3-4,6-9,11-14,16-17H2,1-2H3,(H,34,35). The first kappa shape index (κ1) is 31.4. The highest BCUT2D eigenvalue weighted by molar-refractivity contribution is 7.89. The van der Waals surface area contributed by atoms with Gasteiger partial charge < -0.3 is 10.2 Å². The number of halogens is 4. The molecule has 1 saturated carbocycles. The predicted octanol–water partition coefficient (Wildman–Crippen LogP) is 3.08. The molecule has 3 heterocycles. The van der Waals surface area contributed by atoms with Crippen molar-refractivity contribution in [2.45, 2.75) is 96.1 Å². The minimum absolute atomic E-state index is 0.236. The van der Waals surface area contributed by atoms with Gasteiger partial charge in [-0.1, -0.05) is 6.08 Å². The lowest BCUT2D eigenvalue weighted by molar-refractivity contribution is -0.129. The molecular formula is C29H38F4N6O3S. The maximum absolute atomic E-state index is 15.0. The molecule has 0 spiro atoms. The van der Waals surface area contributed by atoms with Gasteiger partial charge >= 0.3 is 6.18 Å². The van der Waals surface area contributed by atoms with Crippen LogP contribution in [0.4, 0.5) is 17.6 Å². The molecular weight excluding hydrogens is 588 g/mol. The minimum Gasteiger partial charge on any atom is -0.352 e. The summed E-state index contributed by atoms with van der Waals surface area (Å²) in [6, 6.07) is 2.30. The zero-order chi connectivity index (χ0) is 30.9. The van der Waals surface area contributed by atoms with E-state index in [4.69, 9.17) is 4.99 Å². The van der Waals surface area contributed by atoms with Gasteiger partial charge in [-0.05, 0) is 83.2 Å². The Balaban J connectivity index is 1.35. The highest BCUT2D eigenvalue weighted by atomic mass is 32.2. The minimum atomic E-state index is -4.66. The fraction of sp³-hybridized carbons (Fsp3) is 0.621. The number of aromatic nitrogens is 1. The van der Waals surface area contributed by atoms with Gasteiger partial charge in [0.05, 0.1) is 24.4 Å². The third-order valence-corrected chi connectivity index (χ3v) is 9.72. The second kappa shape index (κ2) is 12.5. The number of rotatable bonds is 7. The largest absolute Gasteiger partial charge is 0.390 e. The number of alkyl halides is 3. The van der Waals surface area contributed by atoms with E-state index in [0.717, 1.165) is 31.8 Å². The van der Waals surface area contributed by atoms with Crippen LogP contribution in [0.1, 0.15) is 76.8 Å². The van der Waals surface area contributed by atoms with Crippen molar-refractivity contribution >= 4 is 21.6 Å². The second-order valence-electron chi connectivity index (χ2n) is 12.0. The monoisotopic (exact) mass is 626 g/mol. The van der Waals surface area contributed by atoms with Crippen molar-refractivity contribution in [3.05, 3.63) is 56.4 Å². The lowest BCUT2D eigenvalue weighted by Gasteiger charge is -2.35. The van der Waals surface area contributed by atoms with Gasteiger partial charge in [-0.3, -0.25) is 14.1 Å². The van der Waals surface area contributed by atoms with Crippen molar-refractivity contribution in [2.24, 2.45) is 9.98 Å². The summed E-state index contributed by atoms with van der Waals surface area (Å²) >= 11 is 0. The van der Waals surface area contributed by atoms with Crippen molar-refractivity contribution in [1.29, 1.82) is 0 Å². The number of likely N-dealkylation sites (tertiary alicyclic amines) is 1. The smallest absolute Gasteiger partial charge is 0.352 e. The highest BCUT2D eigenvalue weighted by Crippen LogP contribution is 2.27. The lowest BCUT2D eigenvalue weighted by atomic mass is 9.90. The second-order valence-corrected chi connectivity index (χ2v) is 13.8. The number of nitrogens with one attached hydrogen (secondary N) is 2. The third-order valence-electron chi connectivity index (χ3n) is 8.45. The highest BCUT2D eigenvalue weighted by Gasteiger charge is 2.31. The average molecular weight is 627 g/mol. The van der Waals surface area contributed by atoms with E-state index < -0.39 is 46.3 Å². The van der Waals surface area contributed by atoms with Gasteiger partial charge in [-0.25, -0.2) is 17.8 Å². The Morgan fingerprint density at radius 1 is 1.09 bits per heavy atom. The molecule has 2 aliphatic carbocycles. The molecule has 2 aliphatic heterocycles. The molecule has 0 bridgehead atoms. The molecule has 0 atom stereocenters. The Labute approximate surface area is 248 Å². The van der Waals surface area contributed by atoms with Gasteiger partial charge in [0.15, 0.2) is 0 Å². The Morgan fingerprint density at radius 3 is 2.42 bits per heavy atom. The van der Waals surface area contributed by atoms with Gasteiger partial charge in [0.25, 0.3) is 5.56 Å². The maximum Gasteiger partial charge on any atom is 0.390 e. The zero-order valence-corrected chi connectivity index (χ0v) is 25.2. The van der Waals surface area contributed by atoms with Crippen LogP contribution in [-0.2, 0) is 16.6 Å². The molecule has 9 nitrogen and oxygen atoms in total. The van der Waals surface area contributed by atoms with Crippen LogP contribution in [0.5, 0.6) is 0 Å². The average Bonchev–Trinajstić information content (AvgIpc) is 3.48. The number of sulfonamides is 1. The molecule has 236 valence electrons. The van der Waals surface area contributed by atoms with Crippen molar-refractivity contribution in [1.82, 2.24) is 19.5 Å². The number of hydrogen-bond acceptors (Lipinski definition) is 7. The van der Waals surface area contributed by atoms with Crippen LogP contribution in [0, 0.1) is 0 Å². The Hall–Kier alpha value is -3.00. The Morgan fingerprint density at radius 2 is 1.79 bits per heavy atom. The number of guanidine groups is 1. The molecule has 1 aromatic rings. The summed E-state index contributed by atoms with van der Waals surface area (Å²) in [7, 11) is -4.42. The van der Waals surface area contributed by atoms with E-state index in [1.807, 2.05) is 18.6 Å². The normalized spacial score (nSPS) is 24.6. The number of pyridine rings is 1. The molecule has 14 heteroatoms. The van der Waals surface area contributed by atoms with E-state index in [2.05, 4.69) is 15.2 Å². The van der Waals surface area contributed by atoms with Crippen LogP contribution in [0.3, 0.4) is 0 Å². The molecule has 5 rings (SSSR count). The molecule has 2 N–H and O–H groups in total. The molecule has 1 aromatic heterocycles. The number of aliphatic imine (C=N–C) groups is 1. The van der Waals surface area contributed by atoms with Gasteiger partial charge in [0, 0.05) is 35.3 Å². The number of nitrogens with zero attached hydrogens (tertiary/aromatic N) is 4. The predicted molar refractivity (Wildman–Crippen MR) is 156 cm³/mol. The Kier molecular flexibility index (Phi) is 9.17. The van der Waals surface area contributed by atoms with Crippen LogP contribution < -0.4 is 26.3 Å². The summed E-state index contributed by atoms with van der Waals surface area (Å²) in [5, 5.41) is 3.71. The zero-order valence-electron chi connectivity index (χ0n) is 24.4. The first-order valence-corrected chi connectivity index (χ1v) is 16.5. The van der Waals surface area contributed by atoms with Crippen LogP contribution >= 0.6 is 0 Å². The van der Waals surface area contributed by atoms with Crippen molar-refractivity contribution < 1.29 is 26.0 Å². The molecule has 43 heavy (non-hydrogen) atoms. The van der Waals surface area contributed by atoms with Crippen molar-refractivity contribution in [3.8, 4) is 0 Å². The fourth-order valence-electron chi connectivity index (χ4n) is 6.22. The van der Waals surface area contributed by atoms with Gasteiger partial charge in [-0.2, -0.15) is 18.2 Å². The molecule has 2 fully saturated rings. The molecule has 1 saturated heterocycles. The summed E-state index contributed by atoms with van der Waals surface area (Å²) in [6.45, 7) is 6.38. The summed E-state index contributed by atoms with van der Waals surface area (Å²) in [6.07, 6.45) is 2.83.